The molecule has 2 aromatic rings. The zero-order valence-corrected chi connectivity index (χ0v) is 14.8. The number of carboxylic acids is 1. The Bertz CT molecular complexity index is 762. The quantitative estimate of drug-likeness (QED) is 0.306. The summed E-state index contributed by atoms with van der Waals surface area (Å²) in [5.41, 5.74) is 1.57. The minimum atomic E-state index is -1.17. The molecule has 0 aliphatic heterocycles. The fourth-order valence-electron chi connectivity index (χ4n) is 2.39. The van der Waals surface area contributed by atoms with Gasteiger partial charge in [0, 0.05) is 12.0 Å². The van der Waals surface area contributed by atoms with Gasteiger partial charge in [-0.15, -0.1) is 0 Å². The number of ether oxygens (including phenoxy) is 1. The molecule has 0 aliphatic rings. The van der Waals surface area contributed by atoms with E-state index in [0.717, 1.165) is 15.9 Å². The lowest BCUT2D eigenvalue weighted by atomic mass is 10.1. The number of carboxylic acid groups (broad SMARTS) is 1. The number of hydroxylamine groups is 1. The van der Waals surface area contributed by atoms with Crippen molar-refractivity contribution in [1.82, 2.24) is 5.32 Å². The highest BCUT2D eigenvalue weighted by Gasteiger charge is 2.20. The van der Waals surface area contributed by atoms with Gasteiger partial charge >= 0.3 is 12.1 Å². The van der Waals surface area contributed by atoms with Crippen LogP contribution < -0.4 is 5.32 Å². The van der Waals surface area contributed by atoms with Crippen LogP contribution in [0.2, 0.25) is 0 Å². The minimum absolute atomic E-state index is 0.0549. The molecule has 2 rings (SSSR count). The van der Waals surface area contributed by atoms with Gasteiger partial charge in [-0.3, -0.25) is 0 Å². The topological polar surface area (TPSA) is 102 Å². The highest BCUT2D eigenvalue weighted by atomic mass is 16.5. The molecule has 7 heteroatoms. The molecule has 2 N–H and O–H groups in total. The first-order chi connectivity index (χ1) is 13.0. The van der Waals surface area contributed by atoms with Gasteiger partial charge in [-0.1, -0.05) is 48.5 Å². The summed E-state index contributed by atoms with van der Waals surface area (Å²) < 4.78 is 5.78. The molecule has 0 saturated heterocycles. The Morgan fingerprint density at radius 2 is 1.74 bits per heavy atom. The Labute approximate surface area is 157 Å². The maximum absolute atomic E-state index is 11.8. The largest absolute Gasteiger partial charge is 0.624 e. The Kier molecular flexibility index (Phi) is 7.84. The van der Waals surface area contributed by atoms with Crippen LogP contribution in [0.15, 0.2) is 60.7 Å². The predicted octanol–water partition coefficient (Wildman–Crippen LogP) is 2.78. The van der Waals surface area contributed by atoms with Crippen LogP contribution in [-0.2, 0) is 16.1 Å². The number of benzene rings is 2. The molecule has 0 aromatic heterocycles. The number of hydrogen-bond donors (Lipinski definition) is 2. The number of nitrogens with one attached hydrogen (secondary N) is 1. The molecule has 27 heavy (non-hydrogen) atoms. The molecule has 2 aromatic carbocycles. The van der Waals surface area contributed by atoms with Crippen LogP contribution in [0.1, 0.15) is 24.0 Å². The van der Waals surface area contributed by atoms with E-state index in [0.29, 0.717) is 6.42 Å². The third-order valence-electron chi connectivity index (χ3n) is 3.77. The van der Waals surface area contributed by atoms with Crippen LogP contribution in [0.4, 0.5) is 4.79 Å². The summed E-state index contributed by atoms with van der Waals surface area (Å²) in [6, 6.07) is 17.1. The first-order valence-electron chi connectivity index (χ1n) is 8.58. The molecule has 7 nitrogen and oxygen atoms in total. The summed E-state index contributed by atoms with van der Waals surface area (Å²) in [5, 5.41) is 23.4. The Morgan fingerprint density at radius 1 is 1.11 bits per heavy atom. The SMILES string of the molecule is O=C(N[C@@H](CCC/[N+]([O-])=C/c1ccccc1)C(=O)O)OCc1ccccc1. The maximum Gasteiger partial charge on any atom is 0.408 e. The van der Waals surface area contributed by atoms with E-state index in [4.69, 9.17) is 4.74 Å². The number of rotatable bonds is 9. The predicted molar refractivity (Wildman–Crippen MR) is 101 cm³/mol. The molecule has 0 saturated carbocycles. The molecule has 0 fully saturated rings. The standard InChI is InChI=1S/C20H22N2O5/c23-19(24)18(21-20(25)27-15-17-10-5-2-6-11-17)12-7-13-22(26)14-16-8-3-1-4-9-16/h1-6,8-11,14,18H,7,12-13,15H2,(H,21,25)(H,23,24)/b22-14-/t18-/m0/s1. The second kappa shape index (κ2) is 10.6. The number of alkyl carbamates (subject to hydrolysis) is 1. The molecule has 1 amide bonds. The lowest BCUT2D eigenvalue weighted by Crippen LogP contribution is -2.41. The lowest BCUT2D eigenvalue weighted by molar-refractivity contribution is -0.453. The fourth-order valence-corrected chi connectivity index (χ4v) is 2.39. The normalized spacial score (nSPS) is 12.2. The second-order valence-corrected chi connectivity index (χ2v) is 5.92. The number of aliphatic carboxylic acids is 1. The Balaban J connectivity index is 1.76. The molecule has 142 valence electrons. The number of amides is 1. The van der Waals surface area contributed by atoms with E-state index >= 15 is 0 Å². The Hall–Kier alpha value is -3.35. The molecule has 0 bridgehead atoms. The van der Waals surface area contributed by atoms with E-state index in [2.05, 4.69) is 5.32 Å². The third-order valence-corrected chi connectivity index (χ3v) is 3.77. The summed E-state index contributed by atoms with van der Waals surface area (Å²) in [5.74, 6) is -1.17. The highest BCUT2D eigenvalue weighted by Crippen LogP contribution is 2.03. The van der Waals surface area contributed by atoms with Gasteiger partial charge in [-0.2, -0.15) is 0 Å². The smallest absolute Gasteiger partial charge is 0.408 e. The van der Waals surface area contributed by atoms with Crippen LogP contribution in [-0.4, -0.2) is 40.7 Å². The van der Waals surface area contributed by atoms with E-state index in [-0.39, 0.29) is 19.6 Å². The van der Waals surface area contributed by atoms with Crippen molar-refractivity contribution in [2.45, 2.75) is 25.5 Å². The van der Waals surface area contributed by atoms with Gasteiger partial charge in [-0.05, 0) is 24.1 Å². The number of hydrogen-bond acceptors (Lipinski definition) is 4. The van der Waals surface area contributed by atoms with Gasteiger partial charge in [-0.25, -0.2) is 14.3 Å². The van der Waals surface area contributed by atoms with E-state index < -0.39 is 18.1 Å². The van der Waals surface area contributed by atoms with Gasteiger partial charge in [0.25, 0.3) is 0 Å². The molecular formula is C20H22N2O5. The summed E-state index contributed by atoms with van der Waals surface area (Å²) >= 11 is 0. The van der Waals surface area contributed by atoms with Crippen molar-refractivity contribution in [1.29, 1.82) is 0 Å². The number of carbonyl (C=O) groups is 2. The van der Waals surface area contributed by atoms with Gasteiger partial charge < -0.3 is 20.4 Å². The molecule has 0 aliphatic carbocycles. The minimum Gasteiger partial charge on any atom is -0.624 e. The van der Waals surface area contributed by atoms with E-state index in [9.17, 15) is 19.9 Å². The van der Waals surface area contributed by atoms with Crippen molar-refractivity contribution in [3.8, 4) is 0 Å². The van der Waals surface area contributed by atoms with Crippen molar-refractivity contribution in [3.63, 3.8) is 0 Å². The monoisotopic (exact) mass is 370 g/mol. The number of nitrogens with zero attached hydrogens (tertiary/aromatic N) is 1. The molecule has 0 radical (unpaired) electrons. The first-order valence-corrected chi connectivity index (χ1v) is 8.58. The molecule has 1 atom stereocenters. The van der Waals surface area contributed by atoms with Crippen LogP contribution >= 0.6 is 0 Å². The fraction of sp³-hybridized carbons (Fsp3) is 0.250. The maximum atomic E-state index is 11.8. The van der Waals surface area contributed by atoms with Crippen LogP contribution in [0.5, 0.6) is 0 Å². The van der Waals surface area contributed by atoms with Crippen LogP contribution in [0, 0.1) is 5.21 Å². The van der Waals surface area contributed by atoms with Crippen molar-refractivity contribution in [2.24, 2.45) is 0 Å². The zero-order chi connectivity index (χ0) is 19.5. The average Bonchev–Trinajstić information content (AvgIpc) is 2.67. The van der Waals surface area contributed by atoms with E-state index in [1.54, 1.807) is 24.3 Å². The third kappa shape index (κ3) is 7.60. The van der Waals surface area contributed by atoms with E-state index in [1.807, 2.05) is 36.4 Å². The van der Waals surface area contributed by atoms with Crippen molar-refractivity contribution in [3.05, 3.63) is 77.0 Å². The summed E-state index contributed by atoms with van der Waals surface area (Å²) in [6.07, 6.45) is 1.07. The molecule has 0 spiro atoms. The Morgan fingerprint density at radius 3 is 2.37 bits per heavy atom. The summed E-state index contributed by atoms with van der Waals surface area (Å²) in [7, 11) is 0. The van der Waals surface area contributed by atoms with Gasteiger partial charge in [0.1, 0.15) is 12.6 Å². The summed E-state index contributed by atoms with van der Waals surface area (Å²) in [4.78, 5) is 23.1. The number of carbonyl (C=O) groups excluding carboxylic acids is 1. The van der Waals surface area contributed by atoms with Crippen LogP contribution in [0.25, 0.3) is 0 Å². The van der Waals surface area contributed by atoms with Gasteiger partial charge in [0.05, 0.1) is 0 Å². The van der Waals surface area contributed by atoms with Crippen molar-refractivity contribution < 1.29 is 24.2 Å². The molecule has 0 heterocycles. The zero-order valence-electron chi connectivity index (χ0n) is 14.8. The van der Waals surface area contributed by atoms with Gasteiger partial charge in [0.15, 0.2) is 12.8 Å². The van der Waals surface area contributed by atoms with E-state index in [1.165, 1.54) is 6.21 Å². The van der Waals surface area contributed by atoms with Crippen molar-refractivity contribution in [2.75, 3.05) is 6.54 Å². The second-order valence-electron chi connectivity index (χ2n) is 5.92. The van der Waals surface area contributed by atoms with Crippen LogP contribution in [0.3, 0.4) is 0 Å². The average molecular weight is 370 g/mol. The lowest BCUT2D eigenvalue weighted by Gasteiger charge is -2.14. The molecule has 0 unspecified atom stereocenters. The highest BCUT2D eigenvalue weighted by molar-refractivity contribution is 5.79. The summed E-state index contributed by atoms with van der Waals surface area (Å²) in [6.45, 7) is 0.179. The first kappa shape index (κ1) is 20.0. The molecular weight excluding hydrogens is 348 g/mol. The van der Waals surface area contributed by atoms with Crippen molar-refractivity contribution >= 4 is 18.3 Å². The van der Waals surface area contributed by atoms with Gasteiger partial charge in [0.2, 0.25) is 0 Å².